The summed E-state index contributed by atoms with van der Waals surface area (Å²) in [6, 6.07) is 77.4. The highest BCUT2D eigenvalue weighted by molar-refractivity contribution is 6.16. The van der Waals surface area contributed by atoms with Crippen LogP contribution in [0.3, 0.4) is 0 Å². The van der Waals surface area contributed by atoms with Crippen molar-refractivity contribution in [2.75, 3.05) is 0 Å². The van der Waals surface area contributed by atoms with Crippen LogP contribution in [-0.4, -0.2) is 13.7 Å². The van der Waals surface area contributed by atoms with E-state index in [9.17, 15) is 0 Å². The molecule has 0 saturated carbocycles. The van der Waals surface area contributed by atoms with E-state index in [2.05, 4.69) is 226 Å². The van der Waals surface area contributed by atoms with Gasteiger partial charge in [-0.05, 0) is 82.9 Å². The second-order valence-electron chi connectivity index (χ2n) is 14.9. The average Bonchev–Trinajstić information content (AvgIpc) is 3.93. The van der Waals surface area contributed by atoms with Crippen LogP contribution < -0.4 is 0 Å². The molecule has 0 unspecified atom stereocenters. The first-order valence-corrected chi connectivity index (χ1v) is 19.6. The van der Waals surface area contributed by atoms with Crippen LogP contribution in [0.15, 0.2) is 212 Å². The third kappa shape index (κ3) is 4.79. The fourth-order valence-electron chi connectivity index (χ4n) is 9.32. The van der Waals surface area contributed by atoms with E-state index in [0.29, 0.717) is 0 Å². The molecule has 12 aromatic rings. The van der Waals surface area contributed by atoms with Gasteiger partial charge in [-0.1, -0.05) is 152 Å². The van der Waals surface area contributed by atoms with E-state index in [0.717, 1.165) is 17.1 Å². The Balaban J connectivity index is 1.08. The second-order valence-corrected chi connectivity index (χ2v) is 14.9. The zero-order valence-corrected chi connectivity index (χ0v) is 31.0. The zero-order chi connectivity index (χ0) is 37.5. The standard InChI is InChI=1S/C54H35N3/c1-2-14-36(15-3-1)37-28-30-38(31-29-37)39-16-12-17-40(34-39)56-50-25-10-6-20-44(50)46-22-13-27-53(54(46)56)57-51-26-11-7-21-45(51)47-35-41(32-33-52(47)57)55-48-23-8-4-18-42(48)43-19-5-9-24-49(43)55/h1-35H. The minimum absolute atomic E-state index is 1.13. The molecular formula is C54H35N3. The van der Waals surface area contributed by atoms with Crippen LogP contribution in [0.2, 0.25) is 0 Å². The Kier molecular flexibility index (Phi) is 6.93. The van der Waals surface area contributed by atoms with Crippen molar-refractivity contribution in [3.63, 3.8) is 0 Å². The summed E-state index contributed by atoms with van der Waals surface area (Å²) < 4.78 is 7.36. The number of fused-ring (bicyclic) bond motifs is 9. The lowest BCUT2D eigenvalue weighted by Crippen LogP contribution is -2.01. The van der Waals surface area contributed by atoms with Crippen molar-refractivity contribution in [1.82, 2.24) is 13.7 Å². The summed E-state index contributed by atoms with van der Waals surface area (Å²) in [5.41, 5.74) is 15.4. The van der Waals surface area contributed by atoms with Crippen LogP contribution in [0.4, 0.5) is 0 Å². The number of hydrogen-bond donors (Lipinski definition) is 0. The van der Waals surface area contributed by atoms with Gasteiger partial charge in [0.2, 0.25) is 0 Å². The van der Waals surface area contributed by atoms with Gasteiger partial charge in [0.1, 0.15) is 0 Å². The summed E-state index contributed by atoms with van der Waals surface area (Å²) in [7, 11) is 0. The van der Waals surface area contributed by atoms with E-state index in [1.807, 2.05) is 0 Å². The molecule has 0 saturated heterocycles. The summed E-state index contributed by atoms with van der Waals surface area (Å²) in [4.78, 5) is 0. The predicted octanol–water partition coefficient (Wildman–Crippen LogP) is 14.3. The van der Waals surface area contributed by atoms with Gasteiger partial charge in [-0.25, -0.2) is 0 Å². The van der Waals surface area contributed by atoms with E-state index in [4.69, 9.17) is 0 Å². The predicted molar refractivity (Wildman–Crippen MR) is 240 cm³/mol. The van der Waals surface area contributed by atoms with Crippen LogP contribution in [0.1, 0.15) is 0 Å². The maximum atomic E-state index is 2.48. The first-order chi connectivity index (χ1) is 28.3. The Bertz CT molecular complexity index is 3450. The molecule has 9 aromatic carbocycles. The van der Waals surface area contributed by atoms with Gasteiger partial charge >= 0.3 is 0 Å². The number of nitrogens with zero attached hydrogens (tertiary/aromatic N) is 3. The Morgan fingerprint density at radius 2 is 0.667 bits per heavy atom. The number of rotatable bonds is 5. The molecule has 0 fully saturated rings. The van der Waals surface area contributed by atoms with Gasteiger partial charge in [-0.2, -0.15) is 0 Å². The van der Waals surface area contributed by atoms with Gasteiger partial charge in [-0.15, -0.1) is 0 Å². The largest absolute Gasteiger partial charge is 0.309 e. The molecule has 0 N–H and O–H groups in total. The minimum atomic E-state index is 1.13. The van der Waals surface area contributed by atoms with Crippen molar-refractivity contribution in [2.45, 2.75) is 0 Å². The normalized spacial score (nSPS) is 11.9. The molecule has 3 heteroatoms. The summed E-state index contributed by atoms with van der Waals surface area (Å²) in [5.74, 6) is 0. The average molecular weight is 726 g/mol. The van der Waals surface area contributed by atoms with Crippen molar-refractivity contribution in [2.24, 2.45) is 0 Å². The van der Waals surface area contributed by atoms with Crippen molar-refractivity contribution in [3.8, 4) is 39.3 Å². The van der Waals surface area contributed by atoms with Crippen LogP contribution >= 0.6 is 0 Å². The molecule has 0 aliphatic heterocycles. The monoisotopic (exact) mass is 725 g/mol. The van der Waals surface area contributed by atoms with Gasteiger partial charge in [0, 0.05) is 43.7 Å². The Morgan fingerprint density at radius 3 is 1.33 bits per heavy atom. The second kappa shape index (κ2) is 12.5. The van der Waals surface area contributed by atoms with Crippen molar-refractivity contribution >= 4 is 65.4 Å². The van der Waals surface area contributed by atoms with Gasteiger partial charge in [-0.3, -0.25) is 0 Å². The summed E-state index contributed by atoms with van der Waals surface area (Å²) in [6.07, 6.45) is 0. The van der Waals surface area contributed by atoms with Gasteiger partial charge in [0.25, 0.3) is 0 Å². The first-order valence-electron chi connectivity index (χ1n) is 19.6. The third-order valence-corrected chi connectivity index (χ3v) is 11.8. The zero-order valence-electron chi connectivity index (χ0n) is 31.0. The van der Waals surface area contributed by atoms with E-state index >= 15 is 0 Å². The third-order valence-electron chi connectivity index (χ3n) is 11.8. The molecule has 0 atom stereocenters. The smallest absolute Gasteiger partial charge is 0.0782 e. The number of aromatic nitrogens is 3. The van der Waals surface area contributed by atoms with E-state index < -0.39 is 0 Å². The SMILES string of the molecule is c1ccc(-c2ccc(-c3cccc(-n4c5ccccc5c5cccc(-n6c7ccccc7c7cc(-n8c9ccccc9c9ccccc98)ccc76)c54)c3)cc2)cc1. The molecule has 0 bridgehead atoms. The van der Waals surface area contributed by atoms with Crippen LogP contribution in [0.5, 0.6) is 0 Å². The number of benzene rings is 9. The minimum Gasteiger partial charge on any atom is -0.309 e. The fourth-order valence-corrected chi connectivity index (χ4v) is 9.32. The van der Waals surface area contributed by atoms with Gasteiger partial charge in [0.05, 0.1) is 38.8 Å². The first kappa shape index (κ1) is 31.7. The Hall–Kier alpha value is -7.62. The number of hydrogen-bond acceptors (Lipinski definition) is 0. The molecule has 266 valence electrons. The highest BCUT2D eigenvalue weighted by Crippen LogP contribution is 2.41. The number of para-hydroxylation sites is 5. The van der Waals surface area contributed by atoms with Crippen LogP contribution in [-0.2, 0) is 0 Å². The van der Waals surface area contributed by atoms with Gasteiger partial charge < -0.3 is 13.7 Å². The summed E-state index contributed by atoms with van der Waals surface area (Å²) in [5, 5.41) is 7.46. The van der Waals surface area contributed by atoms with E-state index in [-0.39, 0.29) is 0 Å². The van der Waals surface area contributed by atoms with Crippen molar-refractivity contribution in [1.29, 1.82) is 0 Å². The highest BCUT2D eigenvalue weighted by atomic mass is 15.1. The molecule has 0 spiro atoms. The van der Waals surface area contributed by atoms with Crippen molar-refractivity contribution < 1.29 is 0 Å². The molecule has 0 aliphatic carbocycles. The molecule has 57 heavy (non-hydrogen) atoms. The summed E-state index contributed by atoms with van der Waals surface area (Å²) >= 11 is 0. The van der Waals surface area contributed by atoms with Crippen LogP contribution in [0.25, 0.3) is 105 Å². The molecular weight excluding hydrogens is 691 g/mol. The topological polar surface area (TPSA) is 14.8 Å². The Morgan fingerprint density at radius 1 is 0.228 bits per heavy atom. The van der Waals surface area contributed by atoms with Crippen LogP contribution in [0, 0.1) is 0 Å². The van der Waals surface area contributed by atoms with E-state index in [1.54, 1.807) is 0 Å². The molecule has 12 rings (SSSR count). The lowest BCUT2D eigenvalue weighted by molar-refractivity contribution is 1.13. The molecule has 0 aliphatic rings. The van der Waals surface area contributed by atoms with Gasteiger partial charge in [0.15, 0.2) is 0 Å². The highest BCUT2D eigenvalue weighted by Gasteiger charge is 2.21. The van der Waals surface area contributed by atoms with Crippen molar-refractivity contribution in [3.05, 3.63) is 212 Å². The lowest BCUT2D eigenvalue weighted by atomic mass is 10.00. The van der Waals surface area contributed by atoms with E-state index in [1.165, 1.54) is 87.7 Å². The quantitative estimate of drug-likeness (QED) is 0.168. The molecule has 0 amide bonds. The Labute approximate surface area is 329 Å². The fraction of sp³-hybridized carbons (Fsp3) is 0. The maximum absolute atomic E-state index is 2.48. The maximum Gasteiger partial charge on any atom is 0.0782 e. The molecule has 0 radical (unpaired) electrons. The lowest BCUT2D eigenvalue weighted by Gasteiger charge is -2.15. The molecule has 3 aromatic heterocycles. The molecule has 3 nitrogen and oxygen atoms in total. The molecule has 3 heterocycles. The summed E-state index contributed by atoms with van der Waals surface area (Å²) in [6.45, 7) is 0.